The number of halogens is 2. The van der Waals surface area contributed by atoms with Gasteiger partial charge in [0.25, 0.3) is 5.69 Å². The van der Waals surface area contributed by atoms with E-state index in [0.29, 0.717) is 27.0 Å². The van der Waals surface area contributed by atoms with Gasteiger partial charge in [-0.05, 0) is 48.7 Å². The summed E-state index contributed by atoms with van der Waals surface area (Å²) in [7, 11) is 0. The minimum Gasteiger partial charge on any atom is -0.276 e. The van der Waals surface area contributed by atoms with Gasteiger partial charge in [0.05, 0.1) is 16.3 Å². The van der Waals surface area contributed by atoms with E-state index in [0.717, 1.165) is 4.90 Å². The predicted molar refractivity (Wildman–Crippen MR) is 122 cm³/mol. The molecule has 0 heterocycles. The number of amidine groups is 1. The third kappa shape index (κ3) is 6.03. The number of rotatable bonds is 6. The van der Waals surface area contributed by atoms with Crippen molar-refractivity contribution in [2.24, 2.45) is 15.3 Å². The number of anilines is 1. The topological polar surface area (TPSA) is 92.2 Å². The molecule has 0 bridgehead atoms. The first kappa shape index (κ1) is 21.8. The standard InChI is InChI=1S/C20H15Cl2N5O2S/c1-30-19-7-5-16(6-8-19)23-25-20(13-3-2-4-18(9-13)27(28)29)26-24-17-11-14(21)10-15(22)12-17/h2-12,24H,1H3. The molecule has 152 valence electrons. The van der Waals surface area contributed by atoms with Gasteiger partial charge in [-0.3, -0.25) is 15.5 Å². The number of thioether (sulfide) groups is 1. The van der Waals surface area contributed by atoms with Crippen LogP contribution in [0.4, 0.5) is 17.1 Å². The maximum Gasteiger partial charge on any atom is 0.270 e. The van der Waals surface area contributed by atoms with Crippen LogP contribution in [-0.2, 0) is 0 Å². The number of hydrogen-bond acceptors (Lipinski definition) is 6. The van der Waals surface area contributed by atoms with Crippen LogP contribution in [-0.4, -0.2) is 17.0 Å². The van der Waals surface area contributed by atoms with Crippen molar-refractivity contribution in [2.45, 2.75) is 4.90 Å². The SMILES string of the molecule is CSc1ccc(N=NC(=NNc2cc(Cl)cc(Cl)c2)c2cccc([N+](=O)[O-])c2)cc1. The molecular weight excluding hydrogens is 445 g/mol. The lowest BCUT2D eigenvalue weighted by molar-refractivity contribution is -0.384. The highest BCUT2D eigenvalue weighted by Crippen LogP contribution is 2.24. The van der Waals surface area contributed by atoms with Crippen LogP contribution in [0, 0.1) is 10.1 Å². The lowest BCUT2D eigenvalue weighted by Crippen LogP contribution is -2.02. The van der Waals surface area contributed by atoms with Gasteiger partial charge in [-0.1, -0.05) is 35.3 Å². The second-order valence-electron chi connectivity index (χ2n) is 5.91. The van der Waals surface area contributed by atoms with Crippen LogP contribution < -0.4 is 5.43 Å². The molecule has 0 spiro atoms. The maximum absolute atomic E-state index is 11.1. The summed E-state index contributed by atoms with van der Waals surface area (Å²) in [5.41, 5.74) is 4.33. The molecule has 0 unspecified atom stereocenters. The third-order valence-electron chi connectivity index (χ3n) is 3.80. The van der Waals surface area contributed by atoms with Gasteiger partial charge in [0.15, 0.2) is 0 Å². The van der Waals surface area contributed by atoms with Crippen LogP contribution in [0.15, 0.2) is 87.0 Å². The number of nitro groups is 1. The molecule has 10 heteroatoms. The van der Waals surface area contributed by atoms with E-state index in [9.17, 15) is 10.1 Å². The van der Waals surface area contributed by atoms with Crippen LogP contribution in [0.25, 0.3) is 0 Å². The molecule has 0 radical (unpaired) electrons. The first-order chi connectivity index (χ1) is 14.4. The number of nitrogens with one attached hydrogen (secondary N) is 1. The number of nitro benzene ring substituents is 1. The number of nitrogens with zero attached hydrogens (tertiary/aromatic N) is 4. The molecule has 0 aromatic heterocycles. The predicted octanol–water partition coefficient (Wildman–Crippen LogP) is 7.18. The fourth-order valence-corrected chi connectivity index (χ4v) is 3.33. The zero-order chi connectivity index (χ0) is 21.5. The summed E-state index contributed by atoms with van der Waals surface area (Å²) in [6, 6.07) is 18.4. The van der Waals surface area contributed by atoms with Crippen molar-refractivity contribution in [1.82, 2.24) is 0 Å². The second-order valence-corrected chi connectivity index (χ2v) is 7.66. The summed E-state index contributed by atoms with van der Waals surface area (Å²) >= 11 is 13.6. The van der Waals surface area contributed by atoms with E-state index in [1.54, 1.807) is 42.1 Å². The molecular formula is C20H15Cl2N5O2S. The number of hydrazone groups is 1. The molecule has 0 fully saturated rings. The average molecular weight is 460 g/mol. The van der Waals surface area contributed by atoms with Crippen molar-refractivity contribution in [3.05, 3.63) is 92.5 Å². The second kappa shape index (κ2) is 10.2. The summed E-state index contributed by atoms with van der Waals surface area (Å²) in [6.07, 6.45) is 1.98. The highest BCUT2D eigenvalue weighted by Gasteiger charge is 2.10. The Balaban J connectivity index is 1.95. The van der Waals surface area contributed by atoms with Crippen molar-refractivity contribution in [1.29, 1.82) is 0 Å². The van der Waals surface area contributed by atoms with Gasteiger partial charge in [-0.2, -0.15) is 5.10 Å². The lowest BCUT2D eigenvalue weighted by atomic mass is 10.2. The highest BCUT2D eigenvalue weighted by molar-refractivity contribution is 7.98. The van der Waals surface area contributed by atoms with Crippen LogP contribution in [0.3, 0.4) is 0 Å². The van der Waals surface area contributed by atoms with E-state index < -0.39 is 4.92 Å². The van der Waals surface area contributed by atoms with Gasteiger partial charge in [0.1, 0.15) is 0 Å². The summed E-state index contributed by atoms with van der Waals surface area (Å²) in [5.74, 6) is 0.156. The van der Waals surface area contributed by atoms with Gasteiger partial charge in [-0.15, -0.1) is 22.0 Å². The van der Waals surface area contributed by atoms with Gasteiger partial charge in [0.2, 0.25) is 5.84 Å². The number of benzene rings is 3. The van der Waals surface area contributed by atoms with Crippen molar-refractivity contribution >= 4 is 57.9 Å². The number of azo groups is 1. The van der Waals surface area contributed by atoms with E-state index in [1.807, 2.05) is 30.5 Å². The molecule has 0 saturated heterocycles. The Kier molecular flexibility index (Phi) is 7.40. The van der Waals surface area contributed by atoms with Gasteiger partial charge >= 0.3 is 0 Å². The fraction of sp³-hybridized carbons (Fsp3) is 0.0500. The molecule has 3 rings (SSSR count). The molecule has 1 N–H and O–H groups in total. The zero-order valence-electron chi connectivity index (χ0n) is 15.6. The Morgan fingerprint density at radius 1 is 1.03 bits per heavy atom. The molecule has 3 aromatic rings. The molecule has 7 nitrogen and oxygen atoms in total. The molecule has 3 aromatic carbocycles. The van der Waals surface area contributed by atoms with Crippen molar-refractivity contribution in [3.63, 3.8) is 0 Å². The molecule has 0 aliphatic carbocycles. The van der Waals surface area contributed by atoms with E-state index in [2.05, 4.69) is 20.8 Å². The van der Waals surface area contributed by atoms with E-state index in [4.69, 9.17) is 23.2 Å². The zero-order valence-corrected chi connectivity index (χ0v) is 17.9. The Morgan fingerprint density at radius 3 is 2.37 bits per heavy atom. The first-order valence-corrected chi connectivity index (χ1v) is 10.5. The smallest absolute Gasteiger partial charge is 0.270 e. The van der Waals surface area contributed by atoms with Crippen molar-refractivity contribution < 1.29 is 4.92 Å². The first-order valence-electron chi connectivity index (χ1n) is 8.55. The summed E-state index contributed by atoms with van der Waals surface area (Å²) < 4.78 is 0. The molecule has 30 heavy (non-hydrogen) atoms. The monoisotopic (exact) mass is 459 g/mol. The third-order valence-corrected chi connectivity index (χ3v) is 4.98. The highest BCUT2D eigenvalue weighted by atomic mass is 35.5. The largest absolute Gasteiger partial charge is 0.276 e. The fourth-order valence-electron chi connectivity index (χ4n) is 2.39. The normalized spacial score (nSPS) is 11.6. The number of non-ortho nitro benzene ring substituents is 1. The minimum atomic E-state index is -0.483. The van der Waals surface area contributed by atoms with Crippen molar-refractivity contribution in [3.8, 4) is 0 Å². The maximum atomic E-state index is 11.1. The molecule has 0 saturated carbocycles. The Hall–Kier alpha value is -2.94. The lowest BCUT2D eigenvalue weighted by Gasteiger charge is -2.05. The van der Waals surface area contributed by atoms with Gasteiger partial charge in [-0.25, -0.2) is 0 Å². The summed E-state index contributed by atoms with van der Waals surface area (Å²) in [4.78, 5) is 11.8. The molecule has 0 aliphatic heterocycles. The summed E-state index contributed by atoms with van der Waals surface area (Å²) in [6.45, 7) is 0. The Bertz CT molecular complexity index is 1100. The van der Waals surface area contributed by atoms with Crippen molar-refractivity contribution in [2.75, 3.05) is 11.7 Å². The van der Waals surface area contributed by atoms with Gasteiger partial charge in [0, 0.05) is 32.6 Å². The number of hydrogen-bond donors (Lipinski definition) is 1. The van der Waals surface area contributed by atoms with E-state index in [-0.39, 0.29) is 11.5 Å². The minimum absolute atomic E-state index is 0.0782. The Labute approximate surface area is 187 Å². The van der Waals surface area contributed by atoms with Crippen LogP contribution in [0.1, 0.15) is 5.56 Å². The van der Waals surface area contributed by atoms with Crippen LogP contribution in [0.2, 0.25) is 10.0 Å². The molecule has 0 amide bonds. The molecule has 0 atom stereocenters. The van der Waals surface area contributed by atoms with Gasteiger partial charge < -0.3 is 0 Å². The average Bonchev–Trinajstić information content (AvgIpc) is 2.73. The molecule has 0 aliphatic rings. The quantitative estimate of drug-likeness (QED) is 0.105. The van der Waals surface area contributed by atoms with E-state index >= 15 is 0 Å². The van der Waals surface area contributed by atoms with Crippen LogP contribution in [0.5, 0.6) is 0 Å². The Morgan fingerprint density at radius 2 is 1.73 bits per heavy atom. The summed E-state index contributed by atoms with van der Waals surface area (Å²) in [5, 5.41) is 24.7. The van der Waals surface area contributed by atoms with Crippen LogP contribution >= 0.6 is 35.0 Å². The van der Waals surface area contributed by atoms with E-state index in [1.165, 1.54) is 12.1 Å².